The van der Waals surface area contributed by atoms with Gasteiger partial charge in [-0.3, -0.25) is 9.69 Å². The molecule has 0 bridgehead atoms. The van der Waals surface area contributed by atoms with E-state index in [2.05, 4.69) is 21.6 Å². The molecule has 1 aromatic heterocycles. The van der Waals surface area contributed by atoms with Gasteiger partial charge in [-0.25, -0.2) is 0 Å². The summed E-state index contributed by atoms with van der Waals surface area (Å²) in [5, 5.41) is 6.32. The average Bonchev–Trinajstić information content (AvgIpc) is 3.26. The van der Waals surface area contributed by atoms with Gasteiger partial charge in [-0.2, -0.15) is 0 Å². The SMILES string of the molecule is CC(=O)Nc1ccc(CNC[C@H](c2ccco2)N2CCCC2)cc1. The van der Waals surface area contributed by atoms with Crippen LogP contribution >= 0.6 is 0 Å². The second-order valence-corrected chi connectivity index (χ2v) is 6.28. The van der Waals surface area contributed by atoms with E-state index in [9.17, 15) is 4.79 Å². The molecule has 1 aliphatic rings. The van der Waals surface area contributed by atoms with Gasteiger partial charge in [-0.05, 0) is 55.8 Å². The lowest BCUT2D eigenvalue weighted by atomic mass is 10.1. The molecule has 1 atom stereocenters. The Hall–Kier alpha value is -2.11. The van der Waals surface area contributed by atoms with Gasteiger partial charge >= 0.3 is 0 Å². The third kappa shape index (κ3) is 4.46. The van der Waals surface area contributed by atoms with Crippen LogP contribution in [0.15, 0.2) is 47.1 Å². The lowest BCUT2D eigenvalue weighted by Crippen LogP contribution is -2.33. The summed E-state index contributed by atoms with van der Waals surface area (Å²) >= 11 is 0. The first-order valence-electron chi connectivity index (χ1n) is 8.57. The van der Waals surface area contributed by atoms with Gasteiger partial charge in [0.1, 0.15) is 5.76 Å². The van der Waals surface area contributed by atoms with Crippen LogP contribution in [0.1, 0.15) is 37.1 Å². The average molecular weight is 327 g/mol. The zero-order chi connectivity index (χ0) is 16.8. The van der Waals surface area contributed by atoms with Gasteiger partial charge in [-0.15, -0.1) is 0 Å². The van der Waals surface area contributed by atoms with E-state index in [0.29, 0.717) is 6.04 Å². The molecule has 3 rings (SSSR count). The largest absolute Gasteiger partial charge is 0.468 e. The molecule has 0 radical (unpaired) electrons. The summed E-state index contributed by atoms with van der Waals surface area (Å²) in [6.07, 6.45) is 4.28. The molecule has 2 heterocycles. The van der Waals surface area contributed by atoms with E-state index in [0.717, 1.165) is 37.6 Å². The second kappa shape index (κ2) is 8.13. The van der Waals surface area contributed by atoms with Gasteiger partial charge in [0.2, 0.25) is 5.91 Å². The lowest BCUT2D eigenvalue weighted by Gasteiger charge is -2.26. The van der Waals surface area contributed by atoms with Crippen molar-refractivity contribution in [2.24, 2.45) is 0 Å². The number of rotatable bonds is 7. The highest BCUT2D eigenvalue weighted by atomic mass is 16.3. The highest BCUT2D eigenvalue weighted by Crippen LogP contribution is 2.25. The first-order chi connectivity index (χ1) is 11.7. The highest BCUT2D eigenvalue weighted by Gasteiger charge is 2.24. The number of anilines is 1. The number of nitrogens with zero attached hydrogens (tertiary/aromatic N) is 1. The van der Waals surface area contributed by atoms with Crippen LogP contribution in [0.2, 0.25) is 0 Å². The molecule has 1 amide bonds. The molecule has 1 aromatic carbocycles. The maximum absolute atomic E-state index is 11.0. The van der Waals surface area contributed by atoms with Gasteiger partial charge < -0.3 is 15.1 Å². The Balaban J connectivity index is 1.54. The summed E-state index contributed by atoms with van der Waals surface area (Å²) in [5.41, 5.74) is 2.03. The molecule has 0 aliphatic carbocycles. The fourth-order valence-corrected chi connectivity index (χ4v) is 3.21. The van der Waals surface area contributed by atoms with Crippen LogP contribution in [0.25, 0.3) is 0 Å². The summed E-state index contributed by atoms with van der Waals surface area (Å²) in [4.78, 5) is 13.5. The lowest BCUT2D eigenvalue weighted by molar-refractivity contribution is -0.114. The number of furan rings is 1. The molecule has 0 saturated carbocycles. The van der Waals surface area contributed by atoms with E-state index in [1.807, 2.05) is 30.3 Å². The molecule has 128 valence electrons. The molecule has 2 N–H and O–H groups in total. The van der Waals surface area contributed by atoms with Crippen molar-refractivity contribution < 1.29 is 9.21 Å². The Morgan fingerprint density at radius 3 is 2.58 bits per heavy atom. The number of hydrogen-bond acceptors (Lipinski definition) is 4. The summed E-state index contributed by atoms with van der Waals surface area (Å²) in [7, 11) is 0. The van der Waals surface area contributed by atoms with Gasteiger partial charge in [0.05, 0.1) is 12.3 Å². The summed E-state index contributed by atoms with van der Waals surface area (Å²) < 4.78 is 5.64. The summed E-state index contributed by atoms with van der Waals surface area (Å²) in [6.45, 7) is 5.45. The van der Waals surface area contributed by atoms with Crippen molar-refractivity contribution in [2.75, 3.05) is 25.0 Å². The molecule has 5 heteroatoms. The predicted molar refractivity (Wildman–Crippen MR) is 94.7 cm³/mol. The zero-order valence-electron chi connectivity index (χ0n) is 14.1. The van der Waals surface area contributed by atoms with Crippen molar-refractivity contribution in [3.8, 4) is 0 Å². The minimum atomic E-state index is -0.0484. The quantitative estimate of drug-likeness (QED) is 0.820. The van der Waals surface area contributed by atoms with Crippen molar-refractivity contribution in [2.45, 2.75) is 32.4 Å². The van der Waals surface area contributed by atoms with Crippen molar-refractivity contribution in [3.05, 3.63) is 54.0 Å². The molecule has 0 spiro atoms. The maximum atomic E-state index is 11.0. The van der Waals surface area contributed by atoms with Crippen LogP contribution in [0.5, 0.6) is 0 Å². The Morgan fingerprint density at radius 2 is 1.96 bits per heavy atom. The van der Waals surface area contributed by atoms with E-state index in [1.165, 1.54) is 25.3 Å². The normalized spacial score (nSPS) is 16.2. The molecule has 2 aromatic rings. The zero-order valence-corrected chi connectivity index (χ0v) is 14.1. The van der Waals surface area contributed by atoms with Crippen molar-refractivity contribution in [1.29, 1.82) is 0 Å². The Labute approximate surface area is 143 Å². The first kappa shape index (κ1) is 16.7. The highest BCUT2D eigenvalue weighted by molar-refractivity contribution is 5.88. The summed E-state index contributed by atoms with van der Waals surface area (Å²) in [5.74, 6) is 0.984. The number of amides is 1. The molecule has 0 unspecified atom stereocenters. The van der Waals surface area contributed by atoms with Gasteiger partial charge in [0.15, 0.2) is 0 Å². The number of carbonyl (C=O) groups excluding carboxylic acids is 1. The molecule has 1 fully saturated rings. The van der Waals surface area contributed by atoms with Gasteiger partial charge in [0.25, 0.3) is 0 Å². The standard InChI is InChI=1S/C19H25N3O2/c1-15(23)21-17-8-6-16(7-9-17)13-20-14-18(19-5-4-12-24-19)22-10-2-3-11-22/h4-9,12,18,20H,2-3,10-11,13-14H2,1H3,(H,21,23)/t18-/m1/s1. The minimum Gasteiger partial charge on any atom is -0.468 e. The van der Waals surface area contributed by atoms with E-state index >= 15 is 0 Å². The molecule has 24 heavy (non-hydrogen) atoms. The monoisotopic (exact) mass is 327 g/mol. The maximum Gasteiger partial charge on any atom is 0.221 e. The number of likely N-dealkylation sites (tertiary alicyclic amines) is 1. The Morgan fingerprint density at radius 1 is 1.21 bits per heavy atom. The van der Waals surface area contributed by atoms with Crippen LogP contribution in [0.4, 0.5) is 5.69 Å². The van der Waals surface area contributed by atoms with Crippen molar-refractivity contribution in [3.63, 3.8) is 0 Å². The van der Waals surface area contributed by atoms with Gasteiger partial charge in [-0.1, -0.05) is 12.1 Å². The fourth-order valence-electron chi connectivity index (χ4n) is 3.21. The first-order valence-corrected chi connectivity index (χ1v) is 8.57. The molecule has 1 saturated heterocycles. The fraction of sp³-hybridized carbons (Fsp3) is 0.421. The van der Waals surface area contributed by atoms with Crippen molar-refractivity contribution >= 4 is 11.6 Å². The van der Waals surface area contributed by atoms with Crippen LogP contribution < -0.4 is 10.6 Å². The van der Waals surface area contributed by atoms with E-state index in [1.54, 1.807) is 6.26 Å². The molecular weight excluding hydrogens is 302 g/mol. The topological polar surface area (TPSA) is 57.5 Å². The number of benzene rings is 1. The molecule has 5 nitrogen and oxygen atoms in total. The van der Waals surface area contributed by atoms with Gasteiger partial charge in [0, 0.05) is 25.7 Å². The minimum absolute atomic E-state index is 0.0484. The number of hydrogen-bond donors (Lipinski definition) is 2. The van der Waals surface area contributed by atoms with Crippen molar-refractivity contribution in [1.82, 2.24) is 10.2 Å². The third-order valence-electron chi connectivity index (χ3n) is 4.39. The van der Waals surface area contributed by atoms with Crippen LogP contribution in [-0.2, 0) is 11.3 Å². The number of nitrogens with one attached hydrogen (secondary N) is 2. The molecule has 1 aliphatic heterocycles. The van der Waals surface area contributed by atoms with Crippen LogP contribution in [-0.4, -0.2) is 30.4 Å². The number of carbonyl (C=O) groups is 1. The second-order valence-electron chi connectivity index (χ2n) is 6.28. The summed E-state index contributed by atoms with van der Waals surface area (Å²) in [6, 6.07) is 12.3. The Kier molecular flexibility index (Phi) is 5.67. The van der Waals surface area contributed by atoms with E-state index in [-0.39, 0.29) is 5.91 Å². The Bertz CT molecular complexity index is 631. The smallest absolute Gasteiger partial charge is 0.221 e. The molecular formula is C19H25N3O2. The van der Waals surface area contributed by atoms with Crippen LogP contribution in [0.3, 0.4) is 0 Å². The predicted octanol–water partition coefficient (Wildman–Crippen LogP) is 3.16. The third-order valence-corrected chi connectivity index (χ3v) is 4.39. The van der Waals surface area contributed by atoms with E-state index < -0.39 is 0 Å². The van der Waals surface area contributed by atoms with Crippen LogP contribution in [0, 0.1) is 0 Å². The van der Waals surface area contributed by atoms with E-state index in [4.69, 9.17) is 4.42 Å².